The van der Waals surface area contributed by atoms with Crippen molar-refractivity contribution in [3.05, 3.63) is 193 Å². The van der Waals surface area contributed by atoms with Crippen LogP contribution < -0.4 is 0 Å². The first kappa shape index (κ1) is 39.3. The van der Waals surface area contributed by atoms with Crippen LogP contribution in [0.15, 0.2) is 181 Å². The van der Waals surface area contributed by atoms with Crippen LogP contribution >= 0.6 is 0 Å². The minimum Gasteiger partial charge on any atom is -0.316 e. The van der Waals surface area contributed by atoms with Gasteiger partial charge in [-0.1, -0.05) is 132 Å². The maximum atomic E-state index is 5.12. The molecule has 0 saturated carbocycles. The molecule has 2 heterocycles. The van der Waals surface area contributed by atoms with Crippen molar-refractivity contribution in [1.29, 1.82) is 0 Å². The highest BCUT2D eigenvalue weighted by Gasteiger charge is 2.18. The van der Waals surface area contributed by atoms with Crippen molar-refractivity contribution in [2.24, 2.45) is 10.9 Å². The zero-order valence-electron chi connectivity index (χ0n) is 31.0. The number of allylic oxidation sites excluding steroid dienone is 14. The lowest BCUT2D eigenvalue weighted by molar-refractivity contribution is 0.581. The molecule has 50 heavy (non-hydrogen) atoms. The maximum Gasteiger partial charge on any atom is 0.0721 e. The van der Waals surface area contributed by atoms with Crippen LogP contribution in [-0.2, 0) is 0 Å². The number of nitrogens with zero attached hydrogens (tertiary/aromatic N) is 2. The lowest BCUT2D eigenvalue weighted by Crippen LogP contribution is -2.08. The Bertz CT molecular complexity index is 1820. The third kappa shape index (κ3) is 11.8. The smallest absolute Gasteiger partial charge is 0.0721 e. The summed E-state index contributed by atoms with van der Waals surface area (Å²) in [7, 11) is 0. The molecule has 1 aromatic heterocycles. The number of rotatable bonds is 19. The minimum atomic E-state index is 0.542. The SMILES string of the molecule is C=C/C=C(\C=C=C(CC)CC(=C)c1ccc(/C=C/C(CC)CCC=C)cc1)C(=C)CC1=NC(C(=C)/C=C\C=C(\C)CC)=CC(=C)n2cccc21. The van der Waals surface area contributed by atoms with Crippen molar-refractivity contribution in [2.45, 2.75) is 72.6 Å². The second-order valence-corrected chi connectivity index (χ2v) is 12.8. The minimum absolute atomic E-state index is 0.542. The predicted molar refractivity (Wildman–Crippen MR) is 223 cm³/mol. The largest absolute Gasteiger partial charge is 0.316 e. The maximum absolute atomic E-state index is 5.12. The molecule has 1 aliphatic heterocycles. The standard InChI is InChI=1S/C48H56N2/c1-11-16-22-41(14-4)24-25-43-27-30-45(31-28-43)38(8)33-42(15-5)26-29-44(19-12-2)39(9)34-47-48-23-18-32-50(48)40(10)35-46(49-47)37(7)21-17-20-36(6)13-3/h11-12,17-21,23-25,27-32,35,41H,1-2,7-10,13-16,22,33-34H2,3-6H3/b21-17-,25-24+,36-20-,44-19+. The molecule has 0 N–H and O–H groups in total. The fraction of sp³-hybridized carbons (Fsp3) is 0.250. The van der Waals surface area contributed by atoms with E-state index in [4.69, 9.17) is 4.99 Å². The summed E-state index contributed by atoms with van der Waals surface area (Å²) >= 11 is 0. The summed E-state index contributed by atoms with van der Waals surface area (Å²) in [6.45, 7) is 34.1. The van der Waals surface area contributed by atoms with Crippen LogP contribution in [0.25, 0.3) is 17.3 Å². The van der Waals surface area contributed by atoms with Crippen LogP contribution in [0.5, 0.6) is 0 Å². The molecule has 2 heteroatoms. The van der Waals surface area contributed by atoms with Gasteiger partial charge in [0.15, 0.2) is 0 Å². The normalized spacial score (nSPS) is 14.0. The van der Waals surface area contributed by atoms with Gasteiger partial charge in [0.25, 0.3) is 0 Å². The first-order valence-corrected chi connectivity index (χ1v) is 17.9. The topological polar surface area (TPSA) is 17.3 Å². The molecule has 1 unspecified atom stereocenters. The van der Waals surface area contributed by atoms with Gasteiger partial charge in [-0.2, -0.15) is 0 Å². The van der Waals surface area contributed by atoms with Crippen LogP contribution in [-0.4, -0.2) is 10.3 Å². The average molecular weight is 661 g/mol. The molecule has 0 spiro atoms. The lowest BCUT2D eigenvalue weighted by atomic mass is 9.95. The van der Waals surface area contributed by atoms with Crippen molar-refractivity contribution in [1.82, 2.24) is 4.57 Å². The second-order valence-electron chi connectivity index (χ2n) is 12.8. The van der Waals surface area contributed by atoms with Gasteiger partial charge in [-0.25, -0.2) is 0 Å². The van der Waals surface area contributed by atoms with Gasteiger partial charge in [0.2, 0.25) is 0 Å². The lowest BCUT2D eigenvalue weighted by Gasteiger charge is -2.12. The first-order chi connectivity index (χ1) is 24.1. The number of aromatic nitrogens is 1. The second kappa shape index (κ2) is 20.4. The number of hydrogen-bond donors (Lipinski definition) is 0. The molecule has 258 valence electrons. The first-order valence-electron chi connectivity index (χ1n) is 17.9. The summed E-state index contributed by atoms with van der Waals surface area (Å²) < 4.78 is 2.07. The van der Waals surface area contributed by atoms with E-state index in [-0.39, 0.29) is 0 Å². The summed E-state index contributed by atoms with van der Waals surface area (Å²) in [6.07, 6.45) is 29.0. The van der Waals surface area contributed by atoms with E-state index in [9.17, 15) is 0 Å². The van der Waals surface area contributed by atoms with Crippen LogP contribution in [0, 0.1) is 5.92 Å². The Kier molecular flexibility index (Phi) is 16.0. The Hall–Kier alpha value is -5.17. The average Bonchev–Trinajstić information content (AvgIpc) is 3.58. The third-order valence-electron chi connectivity index (χ3n) is 9.00. The quantitative estimate of drug-likeness (QED) is 0.0810. The van der Waals surface area contributed by atoms with E-state index in [0.29, 0.717) is 12.3 Å². The Morgan fingerprint density at radius 2 is 1.76 bits per heavy atom. The number of fused-ring (bicyclic) bond motifs is 1. The molecular weight excluding hydrogens is 605 g/mol. The van der Waals surface area contributed by atoms with E-state index in [1.165, 1.54) is 16.7 Å². The third-order valence-corrected chi connectivity index (χ3v) is 9.00. The van der Waals surface area contributed by atoms with E-state index in [2.05, 4.69) is 126 Å². The van der Waals surface area contributed by atoms with Crippen molar-refractivity contribution < 1.29 is 0 Å². The molecular formula is C48H56N2. The van der Waals surface area contributed by atoms with Gasteiger partial charge in [-0.15, -0.1) is 12.3 Å². The Labute approximate surface area is 303 Å². The van der Waals surface area contributed by atoms with E-state index in [1.54, 1.807) is 6.08 Å². The van der Waals surface area contributed by atoms with E-state index < -0.39 is 0 Å². The highest BCUT2D eigenvalue weighted by Crippen LogP contribution is 2.28. The van der Waals surface area contributed by atoms with Gasteiger partial charge in [0, 0.05) is 24.7 Å². The van der Waals surface area contributed by atoms with Gasteiger partial charge < -0.3 is 4.57 Å². The van der Waals surface area contributed by atoms with Crippen LogP contribution in [0.4, 0.5) is 0 Å². The fourth-order valence-corrected chi connectivity index (χ4v) is 5.52. The van der Waals surface area contributed by atoms with Gasteiger partial charge in [0.05, 0.1) is 17.1 Å². The highest BCUT2D eigenvalue weighted by atomic mass is 15.0. The predicted octanol–water partition coefficient (Wildman–Crippen LogP) is 13.8. The highest BCUT2D eigenvalue weighted by molar-refractivity contribution is 6.04. The van der Waals surface area contributed by atoms with Crippen LogP contribution in [0.2, 0.25) is 0 Å². The summed E-state index contributed by atoms with van der Waals surface area (Å²) in [6, 6.07) is 12.8. The zero-order chi connectivity index (χ0) is 36.5. The molecule has 2 nitrogen and oxygen atoms in total. The van der Waals surface area contributed by atoms with Crippen LogP contribution in [0.1, 0.15) is 89.5 Å². The molecule has 0 radical (unpaired) electrons. The van der Waals surface area contributed by atoms with Gasteiger partial charge in [-0.05, 0) is 108 Å². The summed E-state index contributed by atoms with van der Waals surface area (Å²) in [5, 5.41) is 0. The molecule has 3 rings (SSSR count). The number of hydrogen-bond acceptors (Lipinski definition) is 1. The monoisotopic (exact) mass is 660 g/mol. The summed E-state index contributed by atoms with van der Waals surface area (Å²) in [5.41, 5.74) is 15.7. The van der Waals surface area contributed by atoms with Gasteiger partial charge in [-0.3, -0.25) is 4.99 Å². The molecule has 1 aliphatic rings. The van der Waals surface area contributed by atoms with Crippen molar-refractivity contribution in [3.8, 4) is 0 Å². The van der Waals surface area contributed by atoms with E-state index in [1.807, 2.05) is 48.7 Å². The van der Waals surface area contributed by atoms with E-state index >= 15 is 0 Å². The summed E-state index contributed by atoms with van der Waals surface area (Å²) in [4.78, 5) is 5.12. The van der Waals surface area contributed by atoms with Crippen molar-refractivity contribution in [3.63, 3.8) is 0 Å². The van der Waals surface area contributed by atoms with Gasteiger partial charge in [0.1, 0.15) is 0 Å². The number of aliphatic imine (C=N–C) groups is 1. The molecule has 1 aromatic carbocycles. The molecule has 2 aromatic rings. The molecule has 0 bridgehead atoms. The van der Waals surface area contributed by atoms with Gasteiger partial charge >= 0.3 is 0 Å². The fourth-order valence-electron chi connectivity index (χ4n) is 5.52. The number of benzene rings is 1. The molecule has 0 aliphatic carbocycles. The summed E-state index contributed by atoms with van der Waals surface area (Å²) in [5.74, 6) is 0.577. The Balaban J connectivity index is 1.80. The zero-order valence-corrected chi connectivity index (χ0v) is 31.0. The molecule has 0 fully saturated rings. The van der Waals surface area contributed by atoms with Crippen LogP contribution in [0.3, 0.4) is 0 Å². The Morgan fingerprint density at radius 1 is 1.00 bits per heavy atom. The molecule has 0 saturated heterocycles. The molecule has 0 amide bonds. The Morgan fingerprint density at radius 3 is 2.42 bits per heavy atom. The van der Waals surface area contributed by atoms with Crippen molar-refractivity contribution in [2.75, 3.05) is 0 Å². The molecule has 1 atom stereocenters. The van der Waals surface area contributed by atoms with Crippen molar-refractivity contribution >= 4 is 23.1 Å². The van der Waals surface area contributed by atoms with E-state index in [0.717, 1.165) is 89.2 Å².